The second-order valence-electron chi connectivity index (χ2n) is 5.42. The van der Waals surface area contributed by atoms with Crippen molar-refractivity contribution in [3.8, 4) is 11.5 Å². The van der Waals surface area contributed by atoms with Gasteiger partial charge in [0.25, 0.3) is 0 Å². The molecule has 0 saturated carbocycles. The van der Waals surface area contributed by atoms with Crippen molar-refractivity contribution in [2.45, 2.75) is 19.8 Å². The Kier molecular flexibility index (Phi) is 4.70. The second kappa shape index (κ2) is 7.08. The zero-order valence-electron chi connectivity index (χ0n) is 13.3. The number of benzene rings is 2. The molecule has 0 aliphatic rings. The third-order valence-corrected chi connectivity index (χ3v) is 3.65. The van der Waals surface area contributed by atoms with Crippen LogP contribution in [-0.4, -0.2) is 10.9 Å². The molecule has 0 radical (unpaired) electrons. The van der Waals surface area contributed by atoms with Crippen molar-refractivity contribution in [3.63, 3.8) is 0 Å². The minimum atomic E-state index is -0.449. The fraction of sp³-hybridized carbons (Fsp3) is 0.158. The average molecular weight is 324 g/mol. The molecule has 1 N–H and O–H groups in total. The van der Waals surface area contributed by atoms with E-state index >= 15 is 0 Å². The summed E-state index contributed by atoms with van der Waals surface area (Å²) in [5.41, 5.74) is 1.81. The summed E-state index contributed by atoms with van der Waals surface area (Å²) in [4.78, 5) is 16.4. The monoisotopic (exact) mass is 324 g/mol. The van der Waals surface area contributed by atoms with Gasteiger partial charge in [-0.05, 0) is 31.2 Å². The Morgan fingerprint density at radius 3 is 2.58 bits per heavy atom. The second-order valence-corrected chi connectivity index (χ2v) is 5.42. The lowest BCUT2D eigenvalue weighted by atomic mass is 10.2. The number of carbonyl (C=O) groups excluding carboxylic acids is 1. The van der Waals surface area contributed by atoms with Crippen molar-refractivity contribution in [2.75, 3.05) is 5.32 Å². The molecular weight excluding hydrogens is 307 g/mol. The van der Waals surface area contributed by atoms with Gasteiger partial charge in [-0.2, -0.15) is 0 Å². The summed E-state index contributed by atoms with van der Waals surface area (Å²) in [6.07, 6.45) is 0.637. The largest absolute Gasteiger partial charge is 0.441 e. The van der Waals surface area contributed by atoms with E-state index in [1.807, 2.05) is 37.3 Å². The first-order valence-electron chi connectivity index (χ1n) is 7.69. The van der Waals surface area contributed by atoms with Gasteiger partial charge in [0, 0.05) is 18.4 Å². The van der Waals surface area contributed by atoms with E-state index in [2.05, 4.69) is 10.3 Å². The third-order valence-electron chi connectivity index (χ3n) is 3.65. The summed E-state index contributed by atoms with van der Waals surface area (Å²) < 4.78 is 19.2. The Labute approximate surface area is 139 Å². The number of rotatable bonds is 5. The molecule has 24 heavy (non-hydrogen) atoms. The van der Waals surface area contributed by atoms with Crippen LogP contribution in [0.5, 0.6) is 0 Å². The zero-order valence-corrected chi connectivity index (χ0v) is 13.3. The van der Waals surface area contributed by atoms with E-state index in [0.29, 0.717) is 18.1 Å². The Hall–Kier alpha value is -2.95. The van der Waals surface area contributed by atoms with Crippen LogP contribution in [0.3, 0.4) is 0 Å². The van der Waals surface area contributed by atoms with Crippen LogP contribution in [0.2, 0.25) is 0 Å². The number of aryl methyl sites for hydroxylation is 2. The van der Waals surface area contributed by atoms with Gasteiger partial charge in [0.1, 0.15) is 11.6 Å². The van der Waals surface area contributed by atoms with Crippen LogP contribution >= 0.6 is 0 Å². The van der Waals surface area contributed by atoms with Crippen LogP contribution in [0.25, 0.3) is 11.5 Å². The number of hydrogen-bond donors (Lipinski definition) is 1. The lowest BCUT2D eigenvalue weighted by Crippen LogP contribution is -2.13. The molecular formula is C19H17FN2O2. The number of aromatic nitrogens is 1. The first-order valence-corrected chi connectivity index (χ1v) is 7.69. The van der Waals surface area contributed by atoms with Gasteiger partial charge in [-0.25, -0.2) is 9.37 Å². The lowest BCUT2D eigenvalue weighted by Gasteiger charge is -2.05. The van der Waals surface area contributed by atoms with Crippen molar-refractivity contribution < 1.29 is 13.6 Å². The first kappa shape index (κ1) is 15.9. The van der Waals surface area contributed by atoms with Gasteiger partial charge in [-0.15, -0.1) is 0 Å². The van der Waals surface area contributed by atoms with E-state index in [4.69, 9.17) is 4.42 Å². The number of amides is 1. The van der Waals surface area contributed by atoms with Crippen LogP contribution in [0.4, 0.5) is 10.1 Å². The molecule has 4 nitrogen and oxygen atoms in total. The normalized spacial score (nSPS) is 10.6. The molecule has 1 heterocycles. The molecule has 0 bridgehead atoms. The number of nitrogens with zero attached hydrogens (tertiary/aromatic N) is 1. The van der Waals surface area contributed by atoms with E-state index in [9.17, 15) is 9.18 Å². The number of anilines is 1. The number of carbonyl (C=O) groups is 1. The number of para-hydroxylation sites is 1. The molecule has 0 aliphatic heterocycles. The van der Waals surface area contributed by atoms with E-state index in [1.165, 1.54) is 12.1 Å². The summed E-state index contributed by atoms with van der Waals surface area (Å²) in [7, 11) is 0. The highest BCUT2D eigenvalue weighted by Crippen LogP contribution is 2.22. The minimum absolute atomic E-state index is 0.185. The maximum atomic E-state index is 13.5. The van der Waals surface area contributed by atoms with Crippen molar-refractivity contribution in [3.05, 3.63) is 71.9 Å². The molecule has 0 unspecified atom stereocenters. The predicted octanol–water partition coefficient (Wildman–Crippen LogP) is 4.36. The molecule has 3 rings (SSSR count). The molecule has 2 aromatic carbocycles. The van der Waals surface area contributed by atoms with Gasteiger partial charge < -0.3 is 9.73 Å². The highest BCUT2D eigenvalue weighted by molar-refractivity contribution is 5.90. The van der Waals surface area contributed by atoms with Gasteiger partial charge in [0.15, 0.2) is 0 Å². The average Bonchev–Trinajstić information content (AvgIpc) is 2.97. The number of halogens is 1. The molecule has 0 spiro atoms. The maximum absolute atomic E-state index is 13.5. The van der Waals surface area contributed by atoms with Crippen LogP contribution < -0.4 is 5.32 Å². The van der Waals surface area contributed by atoms with Crippen molar-refractivity contribution in [2.24, 2.45) is 0 Å². The number of hydrogen-bond acceptors (Lipinski definition) is 3. The fourth-order valence-corrected chi connectivity index (χ4v) is 2.37. The Morgan fingerprint density at radius 1 is 1.12 bits per heavy atom. The Bertz CT molecular complexity index is 844. The quantitative estimate of drug-likeness (QED) is 0.758. The molecule has 0 atom stereocenters. The molecule has 0 aliphatic carbocycles. The third kappa shape index (κ3) is 3.68. The predicted molar refractivity (Wildman–Crippen MR) is 90.0 cm³/mol. The molecule has 1 amide bonds. The smallest absolute Gasteiger partial charge is 0.226 e. The van der Waals surface area contributed by atoms with E-state index in [0.717, 1.165) is 11.3 Å². The summed E-state index contributed by atoms with van der Waals surface area (Å²) in [6.45, 7) is 1.82. The fourth-order valence-electron chi connectivity index (χ4n) is 2.37. The van der Waals surface area contributed by atoms with Gasteiger partial charge in [-0.1, -0.05) is 30.3 Å². The van der Waals surface area contributed by atoms with Gasteiger partial charge >= 0.3 is 0 Å². The standard InChI is InChI=1S/C19H17FN2O2/c1-13-16(22-19(24-13)14-7-3-2-4-8-14)11-12-18(23)21-17-10-6-5-9-15(17)20/h2-10H,11-12H2,1H3,(H,21,23). The van der Waals surface area contributed by atoms with E-state index < -0.39 is 5.82 Å². The number of oxazole rings is 1. The Balaban J connectivity index is 1.64. The molecule has 122 valence electrons. The van der Waals surface area contributed by atoms with E-state index in [-0.39, 0.29) is 18.0 Å². The van der Waals surface area contributed by atoms with Crippen molar-refractivity contribution in [1.29, 1.82) is 0 Å². The molecule has 0 fully saturated rings. The minimum Gasteiger partial charge on any atom is -0.441 e. The lowest BCUT2D eigenvalue weighted by molar-refractivity contribution is -0.116. The molecule has 1 aromatic heterocycles. The molecule has 5 heteroatoms. The summed E-state index contributed by atoms with van der Waals surface area (Å²) in [6, 6.07) is 15.7. The van der Waals surface area contributed by atoms with Crippen LogP contribution in [-0.2, 0) is 11.2 Å². The van der Waals surface area contributed by atoms with Crippen LogP contribution in [0.15, 0.2) is 59.0 Å². The maximum Gasteiger partial charge on any atom is 0.226 e. The van der Waals surface area contributed by atoms with E-state index in [1.54, 1.807) is 12.1 Å². The van der Waals surface area contributed by atoms with Crippen molar-refractivity contribution >= 4 is 11.6 Å². The zero-order chi connectivity index (χ0) is 16.9. The van der Waals surface area contributed by atoms with Gasteiger partial charge in [0.05, 0.1) is 11.4 Å². The highest BCUT2D eigenvalue weighted by atomic mass is 19.1. The molecule has 3 aromatic rings. The van der Waals surface area contributed by atoms with Gasteiger partial charge in [0.2, 0.25) is 11.8 Å². The van der Waals surface area contributed by atoms with Crippen molar-refractivity contribution in [1.82, 2.24) is 4.98 Å². The topological polar surface area (TPSA) is 55.1 Å². The summed E-state index contributed by atoms with van der Waals surface area (Å²) >= 11 is 0. The SMILES string of the molecule is Cc1oc(-c2ccccc2)nc1CCC(=O)Nc1ccccc1F. The number of nitrogens with one attached hydrogen (secondary N) is 1. The van der Waals surface area contributed by atoms with Gasteiger partial charge in [-0.3, -0.25) is 4.79 Å². The first-order chi connectivity index (χ1) is 11.6. The Morgan fingerprint density at radius 2 is 1.83 bits per heavy atom. The molecule has 0 saturated heterocycles. The van der Waals surface area contributed by atoms with Crippen LogP contribution in [0, 0.1) is 12.7 Å². The summed E-state index contributed by atoms with van der Waals surface area (Å²) in [5.74, 6) is 0.517. The van der Waals surface area contributed by atoms with Crippen LogP contribution in [0.1, 0.15) is 17.9 Å². The highest BCUT2D eigenvalue weighted by Gasteiger charge is 2.13. The summed E-state index contributed by atoms with van der Waals surface area (Å²) in [5, 5.41) is 2.57.